The van der Waals surface area contributed by atoms with Crippen LogP contribution in [0, 0.1) is 0 Å². The molecule has 3 heterocycles. The molecular formula is C19H17N7O2. The number of aromatic nitrogens is 5. The Morgan fingerprint density at radius 2 is 1.79 bits per heavy atom. The van der Waals surface area contributed by atoms with E-state index in [9.17, 15) is 9.59 Å². The first-order valence-electron chi connectivity index (χ1n) is 8.68. The SMILES string of the molecule is CCn1nccc1C(=O)Nc1cccc(NC(=O)c2cnn3cccnc23)c1. The fraction of sp³-hybridized carbons (Fsp3) is 0.105. The zero-order valence-electron chi connectivity index (χ0n) is 15.0. The van der Waals surface area contributed by atoms with Crippen LogP contribution in [0.15, 0.2) is 61.2 Å². The van der Waals surface area contributed by atoms with Gasteiger partial charge in [-0.3, -0.25) is 14.3 Å². The molecule has 0 spiro atoms. The van der Waals surface area contributed by atoms with Crippen LogP contribution in [-0.4, -0.2) is 36.2 Å². The molecule has 0 saturated carbocycles. The van der Waals surface area contributed by atoms with E-state index in [1.54, 1.807) is 59.7 Å². The Hall–Kier alpha value is -4.01. The maximum Gasteiger partial charge on any atom is 0.273 e. The van der Waals surface area contributed by atoms with Gasteiger partial charge in [-0.05, 0) is 37.3 Å². The van der Waals surface area contributed by atoms with Crippen molar-refractivity contribution in [3.63, 3.8) is 0 Å². The molecule has 9 heteroatoms. The van der Waals surface area contributed by atoms with Crippen molar-refractivity contribution in [3.8, 4) is 0 Å². The molecule has 2 amide bonds. The Bertz CT molecular complexity index is 1160. The van der Waals surface area contributed by atoms with Crippen LogP contribution in [0.1, 0.15) is 27.8 Å². The number of nitrogens with one attached hydrogen (secondary N) is 2. The lowest BCUT2D eigenvalue weighted by Gasteiger charge is -2.09. The van der Waals surface area contributed by atoms with E-state index in [1.807, 2.05) is 6.92 Å². The molecule has 9 nitrogen and oxygen atoms in total. The van der Waals surface area contributed by atoms with Gasteiger partial charge in [0.2, 0.25) is 0 Å². The van der Waals surface area contributed by atoms with E-state index in [4.69, 9.17) is 0 Å². The number of carbonyl (C=O) groups excluding carboxylic acids is 2. The molecule has 0 unspecified atom stereocenters. The molecule has 2 N–H and O–H groups in total. The third-order valence-corrected chi connectivity index (χ3v) is 4.15. The zero-order chi connectivity index (χ0) is 19.5. The van der Waals surface area contributed by atoms with E-state index in [-0.39, 0.29) is 11.8 Å². The number of benzene rings is 1. The molecule has 0 aliphatic rings. The summed E-state index contributed by atoms with van der Waals surface area (Å²) in [6.45, 7) is 2.51. The van der Waals surface area contributed by atoms with Crippen molar-refractivity contribution in [1.82, 2.24) is 24.4 Å². The second-order valence-electron chi connectivity index (χ2n) is 5.97. The lowest BCUT2D eigenvalue weighted by molar-refractivity contribution is 0.101. The van der Waals surface area contributed by atoms with Crippen LogP contribution in [0.2, 0.25) is 0 Å². The van der Waals surface area contributed by atoms with Crippen molar-refractivity contribution in [2.24, 2.45) is 0 Å². The smallest absolute Gasteiger partial charge is 0.273 e. The molecule has 0 aliphatic heterocycles. The van der Waals surface area contributed by atoms with Crippen molar-refractivity contribution in [3.05, 3.63) is 72.4 Å². The summed E-state index contributed by atoms with van der Waals surface area (Å²) in [5, 5.41) is 13.8. The van der Waals surface area contributed by atoms with Crippen LogP contribution in [0.3, 0.4) is 0 Å². The van der Waals surface area contributed by atoms with Crippen LogP contribution < -0.4 is 10.6 Å². The lowest BCUT2D eigenvalue weighted by atomic mass is 10.2. The van der Waals surface area contributed by atoms with Gasteiger partial charge in [0.1, 0.15) is 11.3 Å². The zero-order valence-corrected chi connectivity index (χ0v) is 15.0. The Labute approximate surface area is 160 Å². The van der Waals surface area contributed by atoms with Crippen molar-refractivity contribution >= 4 is 28.8 Å². The Morgan fingerprint density at radius 3 is 2.57 bits per heavy atom. The molecule has 0 radical (unpaired) electrons. The third kappa shape index (κ3) is 3.32. The summed E-state index contributed by atoms with van der Waals surface area (Å²) >= 11 is 0. The highest BCUT2D eigenvalue weighted by Crippen LogP contribution is 2.18. The summed E-state index contributed by atoms with van der Waals surface area (Å²) in [5.74, 6) is -0.601. The second-order valence-corrected chi connectivity index (χ2v) is 5.97. The number of aryl methyl sites for hydroxylation is 1. The fourth-order valence-electron chi connectivity index (χ4n) is 2.83. The van der Waals surface area contributed by atoms with Gasteiger partial charge < -0.3 is 10.6 Å². The van der Waals surface area contributed by atoms with Gasteiger partial charge in [-0.15, -0.1) is 0 Å². The Morgan fingerprint density at radius 1 is 1.00 bits per heavy atom. The monoisotopic (exact) mass is 375 g/mol. The van der Waals surface area contributed by atoms with Gasteiger partial charge in [-0.25, -0.2) is 9.50 Å². The molecule has 0 saturated heterocycles. The molecule has 3 aromatic heterocycles. The highest BCUT2D eigenvalue weighted by atomic mass is 16.2. The van der Waals surface area contributed by atoms with E-state index in [0.717, 1.165) is 0 Å². The predicted octanol–water partition coefficient (Wildman–Crippen LogP) is 2.45. The van der Waals surface area contributed by atoms with Gasteiger partial charge in [0, 0.05) is 36.5 Å². The number of rotatable bonds is 5. The number of amides is 2. The second kappa shape index (κ2) is 7.31. The minimum Gasteiger partial charge on any atom is -0.322 e. The first kappa shape index (κ1) is 17.4. The lowest BCUT2D eigenvalue weighted by Crippen LogP contribution is -2.17. The average Bonchev–Trinajstić information content (AvgIpc) is 3.35. The Kier molecular flexibility index (Phi) is 4.55. The van der Waals surface area contributed by atoms with Crippen LogP contribution in [0.25, 0.3) is 5.65 Å². The first-order valence-corrected chi connectivity index (χ1v) is 8.68. The summed E-state index contributed by atoms with van der Waals surface area (Å²) in [4.78, 5) is 29.2. The summed E-state index contributed by atoms with van der Waals surface area (Å²) < 4.78 is 3.14. The van der Waals surface area contributed by atoms with Crippen molar-refractivity contribution in [2.45, 2.75) is 13.5 Å². The number of hydrogen-bond acceptors (Lipinski definition) is 5. The molecule has 0 atom stereocenters. The van der Waals surface area contributed by atoms with E-state index >= 15 is 0 Å². The highest BCUT2D eigenvalue weighted by Gasteiger charge is 2.15. The van der Waals surface area contributed by atoms with E-state index in [2.05, 4.69) is 25.8 Å². The van der Waals surface area contributed by atoms with Gasteiger partial charge in [0.05, 0.1) is 6.20 Å². The minimum atomic E-state index is -0.332. The fourth-order valence-corrected chi connectivity index (χ4v) is 2.83. The number of fused-ring (bicyclic) bond motifs is 1. The minimum absolute atomic E-state index is 0.269. The van der Waals surface area contributed by atoms with Crippen LogP contribution >= 0.6 is 0 Å². The van der Waals surface area contributed by atoms with E-state index in [1.165, 1.54) is 10.7 Å². The van der Waals surface area contributed by atoms with Crippen molar-refractivity contribution < 1.29 is 9.59 Å². The van der Waals surface area contributed by atoms with Crippen LogP contribution in [-0.2, 0) is 6.54 Å². The van der Waals surface area contributed by atoms with Gasteiger partial charge in [0.15, 0.2) is 5.65 Å². The molecule has 1 aromatic carbocycles. The number of hydrogen-bond donors (Lipinski definition) is 2. The van der Waals surface area contributed by atoms with Crippen LogP contribution in [0.5, 0.6) is 0 Å². The highest BCUT2D eigenvalue weighted by molar-refractivity contribution is 6.08. The topological polar surface area (TPSA) is 106 Å². The third-order valence-electron chi connectivity index (χ3n) is 4.15. The normalized spacial score (nSPS) is 10.8. The Balaban J connectivity index is 1.51. The van der Waals surface area contributed by atoms with Crippen molar-refractivity contribution in [2.75, 3.05) is 10.6 Å². The largest absolute Gasteiger partial charge is 0.322 e. The molecule has 140 valence electrons. The first-order chi connectivity index (χ1) is 13.7. The molecule has 0 bridgehead atoms. The maximum atomic E-state index is 12.6. The van der Waals surface area contributed by atoms with E-state index in [0.29, 0.717) is 34.8 Å². The molecule has 0 fully saturated rings. The summed E-state index contributed by atoms with van der Waals surface area (Å²) in [6, 6.07) is 10.3. The van der Waals surface area contributed by atoms with Gasteiger partial charge in [0.25, 0.3) is 11.8 Å². The van der Waals surface area contributed by atoms with Gasteiger partial charge in [-0.2, -0.15) is 10.2 Å². The maximum absolute atomic E-state index is 12.6. The van der Waals surface area contributed by atoms with E-state index < -0.39 is 0 Å². The predicted molar refractivity (Wildman–Crippen MR) is 103 cm³/mol. The molecular weight excluding hydrogens is 358 g/mol. The standard InChI is InChI=1S/C19H17N7O2/c1-2-25-16(7-9-21-25)19(28)24-14-6-3-5-13(11-14)23-18(27)15-12-22-26-10-4-8-20-17(15)26/h3-12H,2H2,1H3,(H,23,27)(H,24,28). The summed E-state index contributed by atoms with van der Waals surface area (Å²) in [5.41, 5.74) is 2.40. The van der Waals surface area contributed by atoms with Crippen LogP contribution in [0.4, 0.5) is 11.4 Å². The molecule has 4 aromatic rings. The van der Waals surface area contributed by atoms with Crippen molar-refractivity contribution in [1.29, 1.82) is 0 Å². The van der Waals surface area contributed by atoms with Gasteiger partial charge >= 0.3 is 0 Å². The average molecular weight is 375 g/mol. The number of anilines is 2. The van der Waals surface area contributed by atoms with Gasteiger partial charge in [-0.1, -0.05) is 6.07 Å². The number of nitrogens with zero attached hydrogens (tertiary/aromatic N) is 5. The number of carbonyl (C=O) groups is 2. The quantitative estimate of drug-likeness (QED) is 0.557. The molecule has 0 aliphatic carbocycles. The molecule has 4 rings (SSSR count). The molecule has 28 heavy (non-hydrogen) atoms. The summed E-state index contributed by atoms with van der Waals surface area (Å²) in [6.07, 6.45) is 6.37. The summed E-state index contributed by atoms with van der Waals surface area (Å²) in [7, 11) is 0.